The van der Waals surface area contributed by atoms with Crippen LogP contribution in [0.2, 0.25) is 0 Å². The van der Waals surface area contributed by atoms with E-state index in [0.717, 1.165) is 21.3 Å². The van der Waals surface area contributed by atoms with Crippen LogP contribution in [0.4, 0.5) is 9.93 Å². The zero-order valence-electron chi connectivity index (χ0n) is 10.9. The number of aromatic nitrogens is 1. The minimum absolute atomic E-state index is 0.170. The lowest BCUT2D eigenvalue weighted by atomic mass is 10.1. The van der Waals surface area contributed by atoms with Gasteiger partial charge in [-0.25, -0.2) is 9.78 Å². The second-order valence-corrected chi connectivity index (χ2v) is 6.23. The SMILES string of the molecule is NC(=O)NCC(=O)Nc1ncc(Cc2ccc(Br)cc2)s1. The molecule has 0 aliphatic carbocycles. The number of nitrogens with two attached hydrogens (primary N) is 1. The number of nitrogens with zero attached hydrogens (tertiary/aromatic N) is 1. The lowest BCUT2D eigenvalue weighted by Gasteiger charge is -2.01. The summed E-state index contributed by atoms with van der Waals surface area (Å²) in [6, 6.07) is 7.28. The largest absolute Gasteiger partial charge is 0.352 e. The Morgan fingerprint density at radius 2 is 2.00 bits per heavy atom. The van der Waals surface area contributed by atoms with Gasteiger partial charge in [-0.05, 0) is 17.7 Å². The first kappa shape index (κ1) is 15.5. The first-order valence-corrected chi connectivity index (χ1v) is 7.66. The summed E-state index contributed by atoms with van der Waals surface area (Å²) in [5.74, 6) is -0.363. The van der Waals surface area contributed by atoms with Crippen molar-refractivity contribution in [3.63, 3.8) is 0 Å². The number of benzene rings is 1. The highest BCUT2D eigenvalue weighted by atomic mass is 79.9. The van der Waals surface area contributed by atoms with Gasteiger partial charge in [-0.1, -0.05) is 28.1 Å². The van der Waals surface area contributed by atoms with E-state index < -0.39 is 6.03 Å². The Morgan fingerprint density at radius 1 is 1.29 bits per heavy atom. The number of thiazole rings is 1. The van der Waals surface area contributed by atoms with Crippen LogP contribution in [0.15, 0.2) is 34.9 Å². The van der Waals surface area contributed by atoms with Crippen molar-refractivity contribution >= 4 is 44.3 Å². The number of hydrogen-bond donors (Lipinski definition) is 3. The van der Waals surface area contributed by atoms with Crippen LogP contribution in [0.1, 0.15) is 10.4 Å². The van der Waals surface area contributed by atoms with Gasteiger partial charge in [-0.3, -0.25) is 4.79 Å². The van der Waals surface area contributed by atoms with E-state index in [9.17, 15) is 9.59 Å². The van der Waals surface area contributed by atoms with Crippen LogP contribution in [0.25, 0.3) is 0 Å². The second-order valence-electron chi connectivity index (χ2n) is 4.20. The van der Waals surface area contributed by atoms with Crippen molar-refractivity contribution in [2.75, 3.05) is 11.9 Å². The fourth-order valence-electron chi connectivity index (χ4n) is 1.58. The molecular weight excluding hydrogens is 356 g/mol. The summed E-state index contributed by atoms with van der Waals surface area (Å²) in [6.07, 6.45) is 2.48. The quantitative estimate of drug-likeness (QED) is 0.753. The number of carbonyl (C=O) groups is 2. The molecule has 0 saturated carbocycles. The Kier molecular flexibility index (Phi) is 5.29. The van der Waals surface area contributed by atoms with Crippen LogP contribution in [0.5, 0.6) is 0 Å². The van der Waals surface area contributed by atoms with Gasteiger partial charge >= 0.3 is 6.03 Å². The molecule has 3 amide bonds. The predicted molar refractivity (Wildman–Crippen MR) is 85.3 cm³/mol. The smallest absolute Gasteiger partial charge is 0.312 e. The molecule has 0 fully saturated rings. The predicted octanol–water partition coefficient (Wildman–Crippen LogP) is 2.10. The topological polar surface area (TPSA) is 97.1 Å². The molecular formula is C13H13BrN4O2S. The maximum Gasteiger partial charge on any atom is 0.312 e. The molecule has 1 aromatic heterocycles. The van der Waals surface area contributed by atoms with Gasteiger partial charge in [0.05, 0.1) is 6.54 Å². The highest BCUT2D eigenvalue weighted by Crippen LogP contribution is 2.21. The molecule has 0 atom stereocenters. The van der Waals surface area contributed by atoms with E-state index in [1.165, 1.54) is 11.3 Å². The van der Waals surface area contributed by atoms with E-state index in [1.807, 2.05) is 24.3 Å². The highest BCUT2D eigenvalue weighted by molar-refractivity contribution is 9.10. The van der Waals surface area contributed by atoms with Crippen molar-refractivity contribution in [3.05, 3.63) is 45.4 Å². The molecule has 4 N–H and O–H groups in total. The van der Waals surface area contributed by atoms with Crippen LogP contribution in [-0.2, 0) is 11.2 Å². The molecule has 2 rings (SSSR count). The van der Waals surface area contributed by atoms with E-state index in [4.69, 9.17) is 5.73 Å². The summed E-state index contributed by atoms with van der Waals surface area (Å²) in [6.45, 7) is -0.170. The number of rotatable bonds is 5. The minimum Gasteiger partial charge on any atom is -0.352 e. The third kappa shape index (κ3) is 5.16. The summed E-state index contributed by atoms with van der Waals surface area (Å²) in [5, 5.41) is 5.32. The molecule has 0 bridgehead atoms. The first-order valence-electron chi connectivity index (χ1n) is 6.05. The van der Waals surface area contributed by atoms with Gasteiger partial charge in [0.2, 0.25) is 5.91 Å². The molecule has 0 spiro atoms. The molecule has 2 aromatic rings. The number of nitrogens with one attached hydrogen (secondary N) is 2. The van der Waals surface area contributed by atoms with E-state index in [1.54, 1.807) is 6.20 Å². The Hall–Kier alpha value is -1.93. The molecule has 8 heteroatoms. The molecule has 0 aliphatic heterocycles. The molecule has 1 heterocycles. The summed E-state index contributed by atoms with van der Waals surface area (Å²) in [5.41, 5.74) is 6.05. The molecule has 21 heavy (non-hydrogen) atoms. The monoisotopic (exact) mass is 368 g/mol. The Morgan fingerprint density at radius 3 is 2.67 bits per heavy atom. The summed E-state index contributed by atoms with van der Waals surface area (Å²) < 4.78 is 1.03. The van der Waals surface area contributed by atoms with Gasteiger partial charge in [0, 0.05) is 22.0 Å². The number of amides is 3. The standard InChI is InChI=1S/C13H13BrN4O2S/c14-9-3-1-8(2-4-9)5-10-6-17-13(21-10)18-11(19)7-16-12(15)20/h1-4,6H,5,7H2,(H3,15,16,20)(H,17,18,19). The molecule has 6 nitrogen and oxygen atoms in total. The first-order chi connectivity index (χ1) is 10.0. The van der Waals surface area contributed by atoms with Gasteiger partial charge in [-0.15, -0.1) is 11.3 Å². The highest BCUT2D eigenvalue weighted by Gasteiger charge is 2.07. The average molecular weight is 369 g/mol. The molecule has 0 unspecified atom stereocenters. The number of hydrogen-bond acceptors (Lipinski definition) is 4. The fraction of sp³-hybridized carbons (Fsp3) is 0.154. The lowest BCUT2D eigenvalue weighted by molar-refractivity contribution is -0.115. The van der Waals surface area contributed by atoms with Crippen molar-refractivity contribution < 1.29 is 9.59 Å². The molecule has 1 aromatic carbocycles. The van der Waals surface area contributed by atoms with E-state index in [0.29, 0.717) is 5.13 Å². The third-order valence-corrected chi connectivity index (χ3v) is 3.96. The molecule has 0 aliphatic rings. The summed E-state index contributed by atoms with van der Waals surface area (Å²) in [7, 11) is 0. The number of halogens is 1. The van der Waals surface area contributed by atoms with Crippen LogP contribution in [-0.4, -0.2) is 23.5 Å². The average Bonchev–Trinajstić information content (AvgIpc) is 2.86. The van der Waals surface area contributed by atoms with Crippen LogP contribution in [0, 0.1) is 0 Å². The normalized spacial score (nSPS) is 10.1. The summed E-state index contributed by atoms with van der Waals surface area (Å²) in [4.78, 5) is 27.2. The van der Waals surface area contributed by atoms with Crippen molar-refractivity contribution in [3.8, 4) is 0 Å². The van der Waals surface area contributed by atoms with Crippen molar-refractivity contribution in [1.29, 1.82) is 0 Å². The number of primary amides is 1. The number of carbonyl (C=O) groups excluding carboxylic acids is 2. The van der Waals surface area contributed by atoms with Crippen LogP contribution in [0.3, 0.4) is 0 Å². The Labute approximate surface area is 133 Å². The van der Waals surface area contributed by atoms with Gasteiger partial charge in [0.25, 0.3) is 0 Å². The van der Waals surface area contributed by atoms with Crippen molar-refractivity contribution in [1.82, 2.24) is 10.3 Å². The zero-order chi connectivity index (χ0) is 15.2. The maximum absolute atomic E-state index is 11.5. The van der Waals surface area contributed by atoms with Crippen molar-refractivity contribution in [2.45, 2.75) is 6.42 Å². The Bertz CT molecular complexity index is 642. The Balaban J connectivity index is 1.90. The van der Waals surface area contributed by atoms with Gasteiger partial charge in [-0.2, -0.15) is 0 Å². The molecule has 0 saturated heterocycles. The van der Waals surface area contributed by atoms with Crippen molar-refractivity contribution in [2.24, 2.45) is 5.73 Å². The number of urea groups is 1. The third-order valence-electron chi connectivity index (χ3n) is 2.51. The second kappa shape index (κ2) is 7.19. The lowest BCUT2D eigenvalue weighted by Crippen LogP contribution is -2.36. The van der Waals surface area contributed by atoms with Crippen LogP contribution >= 0.6 is 27.3 Å². The van der Waals surface area contributed by atoms with E-state index >= 15 is 0 Å². The minimum atomic E-state index is -0.736. The zero-order valence-corrected chi connectivity index (χ0v) is 13.3. The summed E-state index contributed by atoms with van der Waals surface area (Å²) >= 11 is 4.79. The van der Waals surface area contributed by atoms with E-state index in [-0.39, 0.29) is 12.5 Å². The fourth-order valence-corrected chi connectivity index (χ4v) is 2.71. The van der Waals surface area contributed by atoms with Crippen LogP contribution < -0.4 is 16.4 Å². The number of anilines is 1. The van der Waals surface area contributed by atoms with Gasteiger partial charge < -0.3 is 16.4 Å². The maximum atomic E-state index is 11.5. The van der Waals surface area contributed by atoms with Gasteiger partial charge in [0.1, 0.15) is 0 Å². The van der Waals surface area contributed by atoms with Gasteiger partial charge in [0.15, 0.2) is 5.13 Å². The van der Waals surface area contributed by atoms with E-state index in [2.05, 4.69) is 31.5 Å². The molecule has 0 radical (unpaired) electrons. The molecule has 110 valence electrons.